The number of aliphatic hydroxyl groups excluding tert-OH is 1. The normalized spacial score (nSPS) is 15.6. The molecule has 1 atom stereocenters. The molecule has 0 fully saturated rings. The van der Waals surface area contributed by atoms with Gasteiger partial charge < -0.3 is 10.4 Å². The van der Waals surface area contributed by atoms with Crippen molar-refractivity contribution in [2.45, 2.75) is 32.4 Å². The Labute approximate surface area is 78.4 Å². The Morgan fingerprint density at radius 3 is 2.92 bits per heavy atom. The number of nitrogens with zero attached hydrogens (tertiary/aromatic N) is 1. The summed E-state index contributed by atoms with van der Waals surface area (Å²) in [5.41, 5.74) is 0.846. The second kappa shape index (κ2) is 4.39. The number of aromatic nitrogens is 2. The van der Waals surface area contributed by atoms with Crippen molar-refractivity contribution in [2.75, 3.05) is 6.61 Å². The lowest BCUT2D eigenvalue weighted by Crippen LogP contribution is -2.44. The zero-order valence-electron chi connectivity index (χ0n) is 8.17. The smallest absolute Gasteiger partial charge is 0.0610 e. The van der Waals surface area contributed by atoms with Crippen molar-refractivity contribution in [1.82, 2.24) is 15.5 Å². The molecule has 74 valence electrons. The molecule has 0 saturated carbocycles. The summed E-state index contributed by atoms with van der Waals surface area (Å²) in [6.45, 7) is 4.92. The first-order valence-electron chi connectivity index (χ1n) is 4.54. The average Bonchev–Trinajstić information content (AvgIpc) is 2.67. The molecule has 0 bridgehead atoms. The van der Waals surface area contributed by atoms with E-state index in [0.717, 1.165) is 12.1 Å². The molecular formula is C9H17N3O. The van der Waals surface area contributed by atoms with E-state index in [1.807, 2.05) is 13.0 Å². The maximum atomic E-state index is 9.13. The van der Waals surface area contributed by atoms with Gasteiger partial charge in [0, 0.05) is 24.0 Å². The molecule has 1 aromatic heterocycles. The van der Waals surface area contributed by atoms with Gasteiger partial charge in [-0.25, -0.2) is 0 Å². The fourth-order valence-corrected chi connectivity index (χ4v) is 0.984. The largest absolute Gasteiger partial charge is 0.394 e. The highest BCUT2D eigenvalue weighted by molar-refractivity contribution is 4.98. The fourth-order valence-electron chi connectivity index (χ4n) is 0.984. The van der Waals surface area contributed by atoms with Crippen molar-refractivity contribution in [2.24, 2.45) is 0 Å². The Morgan fingerprint density at radius 1 is 1.69 bits per heavy atom. The van der Waals surface area contributed by atoms with E-state index in [4.69, 9.17) is 5.11 Å². The molecule has 3 N–H and O–H groups in total. The lowest BCUT2D eigenvalue weighted by molar-refractivity contribution is 0.168. The van der Waals surface area contributed by atoms with Crippen molar-refractivity contribution in [3.63, 3.8) is 0 Å². The van der Waals surface area contributed by atoms with Crippen molar-refractivity contribution in [1.29, 1.82) is 0 Å². The Kier molecular flexibility index (Phi) is 3.45. The van der Waals surface area contributed by atoms with Gasteiger partial charge in [0.05, 0.1) is 6.61 Å². The number of rotatable bonds is 5. The predicted octanol–water partition coefficient (Wildman–Crippen LogP) is 0.660. The lowest BCUT2D eigenvalue weighted by Gasteiger charge is -2.26. The van der Waals surface area contributed by atoms with Crippen LogP contribution < -0.4 is 5.32 Å². The van der Waals surface area contributed by atoms with Crippen LogP contribution in [0.5, 0.6) is 0 Å². The van der Waals surface area contributed by atoms with E-state index >= 15 is 0 Å². The molecule has 0 aliphatic carbocycles. The van der Waals surface area contributed by atoms with Crippen LogP contribution in [0.2, 0.25) is 0 Å². The molecule has 1 heterocycles. The van der Waals surface area contributed by atoms with Gasteiger partial charge in [0.2, 0.25) is 0 Å². The van der Waals surface area contributed by atoms with Gasteiger partial charge in [-0.1, -0.05) is 6.92 Å². The second-order valence-corrected chi connectivity index (χ2v) is 3.51. The summed E-state index contributed by atoms with van der Waals surface area (Å²) in [7, 11) is 0. The van der Waals surface area contributed by atoms with Gasteiger partial charge >= 0.3 is 0 Å². The first kappa shape index (κ1) is 10.2. The van der Waals surface area contributed by atoms with E-state index in [1.54, 1.807) is 6.20 Å². The highest BCUT2D eigenvalue weighted by Gasteiger charge is 2.19. The number of hydrogen-bond acceptors (Lipinski definition) is 3. The van der Waals surface area contributed by atoms with Crippen LogP contribution in [0.3, 0.4) is 0 Å². The van der Waals surface area contributed by atoms with Gasteiger partial charge in [-0.15, -0.1) is 0 Å². The van der Waals surface area contributed by atoms with Crippen LogP contribution in [0.4, 0.5) is 0 Å². The van der Waals surface area contributed by atoms with Crippen molar-refractivity contribution >= 4 is 0 Å². The van der Waals surface area contributed by atoms with Crippen molar-refractivity contribution in [3.05, 3.63) is 18.0 Å². The van der Waals surface area contributed by atoms with Crippen molar-refractivity contribution in [3.8, 4) is 0 Å². The molecule has 1 aromatic rings. The maximum Gasteiger partial charge on any atom is 0.0610 e. The third kappa shape index (κ3) is 2.82. The standard InChI is InChI=1S/C9H17N3O/c1-3-9(2,7-13)10-6-8-4-5-11-12-8/h4-5,10,13H,3,6-7H2,1-2H3,(H,11,12). The van der Waals surface area contributed by atoms with E-state index in [9.17, 15) is 0 Å². The van der Waals surface area contributed by atoms with Crippen LogP contribution in [-0.2, 0) is 6.54 Å². The zero-order chi connectivity index (χ0) is 9.73. The highest BCUT2D eigenvalue weighted by Crippen LogP contribution is 2.08. The molecule has 0 aromatic carbocycles. The topological polar surface area (TPSA) is 60.9 Å². The number of aliphatic hydroxyl groups is 1. The Bertz CT molecular complexity index is 229. The summed E-state index contributed by atoms with van der Waals surface area (Å²) < 4.78 is 0. The molecule has 0 radical (unpaired) electrons. The minimum atomic E-state index is -0.189. The number of aromatic amines is 1. The number of hydrogen-bond donors (Lipinski definition) is 3. The van der Waals surface area contributed by atoms with Gasteiger partial charge in [-0.05, 0) is 19.4 Å². The van der Waals surface area contributed by atoms with Gasteiger partial charge in [0.25, 0.3) is 0 Å². The van der Waals surface area contributed by atoms with E-state index in [2.05, 4.69) is 22.4 Å². The van der Waals surface area contributed by atoms with Crippen LogP contribution in [-0.4, -0.2) is 27.4 Å². The summed E-state index contributed by atoms with van der Waals surface area (Å²) in [5.74, 6) is 0. The summed E-state index contributed by atoms with van der Waals surface area (Å²) >= 11 is 0. The molecule has 0 saturated heterocycles. The Morgan fingerprint density at radius 2 is 2.46 bits per heavy atom. The highest BCUT2D eigenvalue weighted by atomic mass is 16.3. The van der Waals surface area contributed by atoms with Gasteiger partial charge in [-0.2, -0.15) is 5.10 Å². The van der Waals surface area contributed by atoms with E-state index in [0.29, 0.717) is 6.54 Å². The second-order valence-electron chi connectivity index (χ2n) is 3.51. The van der Waals surface area contributed by atoms with E-state index in [1.165, 1.54) is 0 Å². The molecule has 13 heavy (non-hydrogen) atoms. The molecule has 4 heteroatoms. The molecule has 1 unspecified atom stereocenters. The lowest BCUT2D eigenvalue weighted by atomic mass is 10.0. The zero-order valence-corrected chi connectivity index (χ0v) is 8.17. The number of H-pyrrole nitrogens is 1. The van der Waals surface area contributed by atoms with Gasteiger partial charge in [0.1, 0.15) is 0 Å². The first-order valence-corrected chi connectivity index (χ1v) is 4.54. The first-order chi connectivity index (χ1) is 6.20. The van der Waals surface area contributed by atoms with Crippen LogP contribution in [0.1, 0.15) is 26.0 Å². The molecule has 0 spiro atoms. The Hall–Kier alpha value is -0.870. The summed E-state index contributed by atoms with van der Waals surface area (Å²) in [4.78, 5) is 0. The minimum Gasteiger partial charge on any atom is -0.394 e. The van der Waals surface area contributed by atoms with Crippen molar-refractivity contribution < 1.29 is 5.11 Å². The van der Waals surface area contributed by atoms with Gasteiger partial charge in [-0.3, -0.25) is 5.10 Å². The van der Waals surface area contributed by atoms with E-state index in [-0.39, 0.29) is 12.1 Å². The fraction of sp³-hybridized carbons (Fsp3) is 0.667. The average molecular weight is 183 g/mol. The Balaban J connectivity index is 2.41. The summed E-state index contributed by atoms with van der Waals surface area (Å²) in [5, 5.41) is 19.1. The third-order valence-electron chi connectivity index (χ3n) is 2.39. The molecule has 0 amide bonds. The van der Waals surface area contributed by atoms with E-state index < -0.39 is 0 Å². The van der Waals surface area contributed by atoms with Crippen LogP contribution >= 0.6 is 0 Å². The SMILES string of the molecule is CCC(C)(CO)NCc1ccn[nH]1. The summed E-state index contributed by atoms with van der Waals surface area (Å²) in [6, 6.07) is 1.92. The maximum absolute atomic E-state index is 9.13. The quantitative estimate of drug-likeness (QED) is 0.628. The predicted molar refractivity (Wildman–Crippen MR) is 51.2 cm³/mol. The monoisotopic (exact) mass is 183 g/mol. The molecule has 0 aliphatic rings. The third-order valence-corrected chi connectivity index (χ3v) is 2.39. The van der Waals surface area contributed by atoms with Crippen LogP contribution in [0.15, 0.2) is 12.3 Å². The van der Waals surface area contributed by atoms with Crippen LogP contribution in [0.25, 0.3) is 0 Å². The molecule has 4 nitrogen and oxygen atoms in total. The molecular weight excluding hydrogens is 166 g/mol. The molecule has 0 aliphatic heterocycles. The summed E-state index contributed by atoms with van der Waals surface area (Å²) in [6.07, 6.45) is 2.62. The molecule has 1 rings (SSSR count). The van der Waals surface area contributed by atoms with Crippen LogP contribution in [0, 0.1) is 0 Å². The van der Waals surface area contributed by atoms with Gasteiger partial charge in [0.15, 0.2) is 0 Å². The number of nitrogens with one attached hydrogen (secondary N) is 2. The minimum absolute atomic E-state index is 0.150.